The minimum atomic E-state index is -0.350. The summed E-state index contributed by atoms with van der Waals surface area (Å²) in [6.07, 6.45) is 1.77. The second-order valence-corrected chi connectivity index (χ2v) is 4.11. The maximum atomic E-state index is 11.6. The van der Waals surface area contributed by atoms with Crippen molar-refractivity contribution in [3.05, 3.63) is 34.2 Å². The number of aromatic nitrogens is 1. The van der Waals surface area contributed by atoms with Crippen molar-refractivity contribution in [2.75, 3.05) is 0 Å². The highest BCUT2D eigenvalue weighted by molar-refractivity contribution is 5.07. The molecule has 0 atom stereocenters. The van der Waals surface area contributed by atoms with E-state index in [1.54, 1.807) is 10.8 Å². The van der Waals surface area contributed by atoms with Crippen molar-refractivity contribution in [1.82, 2.24) is 4.57 Å². The standard InChI is InChI=1S/C10H16N2O/c1-8-5-4-6-12(9(8)13)7-10(2,3)11/h4-6H,7,11H2,1-3H3. The fraction of sp³-hybridized carbons (Fsp3) is 0.500. The van der Waals surface area contributed by atoms with Crippen molar-refractivity contribution in [2.45, 2.75) is 32.9 Å². The zero-order chi connectivity index (χ0) is 10.1. The highest BCUT2D eigenvalue weighted by atomic mass is 16.1. The lowest BCUT2D eigenvalue weighted by molar-refractivity contribution is 0.425. The summed E-state index contributed by atoms with van der Waals surface area (Å²) in [7, 11) is 0. The van der Waals surface area contributed by atoms with E-state index in [1.165, 1.54) is 0 Å². The molecular weight excluding hydrogens is 164 g/mol. The summed E-state index contributed by atoms with van der Waals surface area (Å²) in [6.45, 7) is 6.17. The van der Waals surface area contributed by atoms with E-state index in [2.05, 4.69) is 0 Å². The van der Waals surface area contributed by atoms with Gasteiger partial charge in [0.15, 0.2) is 0 Å². The van der Waals surface area contributed by atoms with E-state index in [9.17, 15) is 4.79 Å². The van der Waals surface area contributed by atoms with Crippen molar-refractivity contribution < 1.29 is 0 Å². The van der Waals surface area contributed by atoms with Gasteiger partial charge in [0.1, 0.15) is 0 Å². The molecule has 1 rings (SSSR count). The molecule has 1 heterocycles. The third kappa shape index (κ3) is 2.70. The van der Waals surface area contributed by atoms with Gasteiger partial charge in [-0.15, -0.1) is 0 Å². The zero-order valence-electron chi connectivity index (χ0n) is 8.37. The van der Waals surface area contributed by atoms with Gasteiger partial charge in [0.2, 0.25) is 0 Å². The summed E-state index contributed by atoms with van der Waals surface area (Å²) in [5.41, 5.74) is 6.28. The van der Waals surface area contributed by atoms with Crippen molar-refractivity contribution in [1.29, 1.82) is 0 Å². The maximum absolute atomic E-state index is 11.6. The molecule has 0 spiro atoms. The van der Waals surface area contributed by atoms with Gasteiger partial charge >= 0.3 is 0 Å². The van der Waals surface area contributed by atoms with Crippen LogP contribution in [0.5, 0.6) is 0 Å². The Labute approximate surface area is 78.2 Å². The molecule has 0 bridgehead atoms. The van der Waals surface area contributed by atoms with Gasteiger partial charge in [-0.3, -0.25) is 4.79 Å². The van der Waals surface area contributed by atoms with Crippen molar-refractivity contribution in [2.24, 2.45) is 5.73 Å². The molecular formula is C10H16N2O. The van der Waals surface area contributed by atoms with Gasteiger partial charge in [-0.05, 0) is 26.8 Å². The second-order valence-electron chi connectivity index (χ2n) is 4.11. The molecule has 3 nitrogen and oxygen atoms in total. The molecule has 0 aliphatic rings. The molecule has 1 aromatic heterocycles. The predicted octanol–water partition coefficient (Wildman–Crippen LogP) is 0.894. The Morgan fingerprint density at radius 3 is 2.69 bits per heavy atom. The van der Waals surface area contributed by atoms with Gasteiger partial charge in [-0.2, -0.15) is 0 Å². The number of aryl methyl sites for hydroxylation is 1. The molecule has 0 radical (unpaired) electrons. The lowest BCUT2D eigenvalue weighted by Crippen LogP contribution is -2.40. The van der Waals surface area contributed by atoms with Crippen LogP contribution >= 0.6 is 0 Å². The van der Waals surface area contributed by atoms with Crippen LogP contribution < -0.4 is 11.3 Å². The van der Waals surface area contributed by atoms with E-state index in [0.29, 0.717) is 6.54 Å². The average molecular weight is 180 g/mol. The number of pyridine rings is 1. The molecule has 3 heteroatoms. The van der Waals surface area contributed by atoms with E-state index < -0.39 is 0 Å². The molecule has 0 fully saturated rings. The largest absolute Gasteiger partial charge is 0.324 e. The second kappa shape index (κ2) is 3.34. The van der Waals surface area contributed by atoms with Crippen LogP contribution in [-0.4, -0.2) is 10.1 Å². The molecule has 1 aromatic rings. The van der Waals surface area contributed by atoms with Gasteiger partial charge in [0, 0.05) is 23.8 Å². The Hall–Kier alpha value is -1.09. The molecule has 72 valence electrons. The fourth-order valence-electron chi connectivity index (χ4n) is 1.22. The van der Waals surface area contributed by atoms with Crippen LogP contribution in [0.1, 0.15) is 19.4 Å². The topological polar surface area (TPSA) is 48.0 Å². The first-order valence-electron chi connectivity index (χ1n) is 4.35. The summed E-state index contributed by atoms with van der Waals surface area (Å²) in [5.74, 6) is 0. The number of hydrogen-bond acceptors (Lipinski definition) is 2. The average Bonchev–Trinajstić information content (AvgIpc) is 1.96. The predicted molar refractivity (Wildman–Crippen MR) is 53.7 cm³/mol. The Bertz CT molecular complexity index is 347. The summed E-state index contributed by atoms with van der Waals surface area (Å²) in [6, 6.07) is 3.67. The summed E-state index contributed by atoms with van der Waals surface area (Å²) in [5, 5.41) is 0. The van der Waals surface area contributed by atoms with Crippen LogP contribution in [0.4, 0.5) is 0 Å². The molecule has 0 aliphatic heterocycles. The van der Waals surface area contributed by atoms with Crippen molar-refractivity contribution >= 4 is 0 Å². The minimum absolute atomic E-state index is 0.0426. The van der Waals surface area contributed by atoms with Crippen LogP contribution in [0.15, 0.2) is 23.1 Å². The van der Waals surface area contributed by atoms with Gasteiger partial charge in [0.05, 0.1) is 0 Å². The molecule has 0 aliphatic carbocycles. The van der Waals surface area contributed by atoms with E-state index >= 15 is 0 Å². The minimum Gasteiger partial charge on any atom is -0.324 e. The van der Waals surface area contributed by atoms with E-state index in [-0.39, 0.29) is 11.1 Å². The van der Waals surface area contributed by atoms with Crippen LogP contribution in [0, 0.1) is 6.92 Å². The van der Waals surface area contributed by atoms with E-state index in [4.69, 9.17) is 5.73 Å². The van der Waals surface area contributed by atoms with Crippen LogP contribution in [0.2, 0.25) is 0 Å². The molecule has 2 N–H and O–H groups in total. The molecule has 0 saturated heterocycles. The normalized spacial score (nSPS) is 11.7. The fourth-order valence-corrected chi connectivity index (χ4v) is 1.22. The number of nitrogens with two attached hydrogens (primary N) is 1. The summed E-state index contributed by atoms with van der Waals surface area (Å²) >= 11 is 0. The van der Waals surface area contributed by atoms with Crippen molar-refractivity contribution in [3.8, 4) is 0 Å². The Kier molecular flexibility index (Phi) is 2.57. The highest BCUT2D eigenvalue weighted by Gasteiger charge is 2.12. The van der Waals surface area contributed by atoms with Crippen LogP contribution in [-0.2, 0) is 6.54 Å². The maximum Gasteiger partial charge on any atom is 0.253 e. The van der Waals surface area contributed by atoms with Gasteiger partial charge < -0.3 is 10.3 Å². The summed E-state index contributed by atoms with van der Waals surface area (Å²) in [4.78, 5) is 11.6. The smallest absolute Gasteiger partial charge is 0.253 e. The van der Waals surface area contributed by atoms with Gasteiger partial charge in [-0.1, -0.05) is 6.07 Å². The lowest BCUT2D eigenvalue weighted by Gasteiger charge is -2.19. The van der Waals surface area contributed by atoms with Gasteiger partial charge in [-0.25, -0.2) is 0 Å². The first kappa shape index (κ1) is 9.99. The molecule has 0 saturated carbocycles. The highest BCUT2D eigenvalue weighted by Crippen LogP contribution is 2.00. The Morgan fingerprint density at radius 1 is 1.54 bits per heavy atom. The third-order valence-corrected chi connectivity index (χ3v) is 1.79. The molecule has 13 heavy (non-hydrogen) atoms. The molecule has 0 unspecified atom stereocenters. The molecule has 0 amide bonds. The van der Waals surface area contributed by atoms with Gasteiger partial charge in [0.25, 0.3) is 5.56 Å². The third-order valence-electron chi connectivity index (χ3n) is 1.79. The van der Waals surface area contributed by atoms with E-state index in [0.717, 1.165) is 5.56 Å². The Balaban J connectivity index is 3.03. The van der Waals surface area contributed by atoms with Crippen LogP contribution in [0.25, 0.3) is 0 Å². The lowest BCUT2D eigenvalue weighted by atomic mass is 10.1. The van der Waals surface area contributed by atoms with Crippen molar-refractivity contribution in [3.63, 3.8) is 0 Å². The van der Waals surface area contributed by atoms with Crippen LogP contribution in [0.3, 0.4) is 0 Å². The van der Waals surface area contributed by atoms with E-state index in [1.807, 2.05) is 32.9 Å². The molecule has 0 aromatic carbocycles. The zero-order valence-corrected chi connectivity index (χ0v) is 8.37. The number of hydrogen-bond donors (Lipinski definition) is 1. The first-order valence-corrected chi connectivity index (χ1v) is 4.35. The summed E-state index contributed by atoms with van der Waals surface area (Å²) < 4.78 is 1.65. The Morgan fingerprint density at radius 2 is 2.15 bits per heavy atom. The SMILES string of the molecule is Cc1cccn(CC(C)(C)N)c1=O. The first-order chi connectivity index (χ1) is 5.90. The quantitative estimate of drug-likeness (QED) is 0.735. The monoisotopic (exact) mass is 180 g/mol. The number of nitrogens with zero attached hydrogens (tertiary/aromatic N) is 1. The number of rotatable bonds is 2.